The fourth-order valence-corrected chi connectivity index (χ4v) is 2.60. The predicted octanol–water partition coefficient (Wildman–Crippen LogP) is 3.86. The summed E-state index contributed by atoms with van der Waals surface area (Å²) in [6.45, 7) is 1.89. The molecule has 1 N–H and O–H groups in total. The second-order valence-electron chi connectivity index (χ2n) is 4.87. The van der Waals surface area contributed by atoms with Crippen LogP contribution in [0.3, 0.4) is 0 Å². The lowest BCUT2D eigenvalue weighted by Crippen LogP contribution is -2.01. The number of carbonyl (C=O) groups is 2. The molecule has 5 heteroatoms. The van der Waals surface area contributed by atoms with Crippen LogP contribution in [0, 0.1) is 0 Å². The van der Waals surface area contributed by atoms with Gasteiger partial charge in [0.05, 0.1) is 6.42 Å². The van der Waals surface area contributed by atoms with Crippen LogP contribution in [0.4, 0.5) is 0 Å². The minimum atomic E-state index is -0.848. The summed E-state index contributed by atoms with van der Waals surface area (Å²) in [5.74, 6) is -0.196. The molecular formula is C17H15BrO4. The molecule has 0 fully saturated rings. The number of carbonyl (C=O) groups excluding carboxylic acids is 1. The van der Waals surface area contributed by atoms with Crippen molar-refractivity contribution in [3.8, 4) is 5.75 Å². The van der Waals surface area contributed by atoms with Crippen molar-refractivity contribution < 1.29 is 19.4 Å². The SMILES string of the molecule is CC(=O)c1ccc(OCc2ccc(CC(=O)O)cc2)cc1Br. The summed E-state index contributed by atoms with van der Waals surface area (Å²) in [4.78, 5) is 22.0. The number of Topliss-reactive ketones (excluding diaryl/α,β-unsaturated/α-hetero) is 1. The number of ether oxygens (including phenoxy) is 1. The zero-order valence-electron chi connectivity index (χ0n) is 12.0. The standard InChI is InChI=1S/C17H15BrO4/c1-11(19)15-7-6-14(9-16(15)18)22-10-13-4-2-12(3-5-13)8-17(20)21/h2-7,9H,8,10H2,1H3,(H,20,21). The van der Waals surface area contributed by atoms with Crippen LogP contribution in [-0.2, 0) is 17.8 Å². The van der Waals surface area contributed by atoms with Crippen molar-refractivity contribution in [2.45, 2.75) is 20.0 Å². The van der Waals surface area contributed by atoms with Gasteiger partial charge >= 0.3 is 5.97 Å². The van der Waals surface area contributed by atoms with Crippen molar-refractivity contribution in [1.82, 2.24) is 0 Å². The number of carboxylic acids is 1. The molecule has 0 atom stereocenters. The molecule has 0 aliphatic carbocycles. The first kappa shape index (κ1) is 16.2. The van der Waals surface area contributed by atoms with E-state index in [2.05, 4.69) is 15.9 Å². The Morgan fingerprint density at radius 1 is 1.09 bits per heavy atom. The molecule has 0 bridgehead atoms. The van der Waals surface area contributed by atoms with Gasteiger partial charge < -0.3 is 9.84 Å². The van der Waals surface area contributed by atoms with Crippen LogP contribution in [0.15, 0.2) is 46.9 Å². The molecule has 2 rings (SSSR count). The summed E-state index contributed by atoms with van der Waals surface area (Å²) in [6, 6.07) is 12.5. The van der Waals surface area contributed by atoms with Crippen LogP contribution in [0.25, 0.3) is 0 Å². The molecule has 114 valence electrons. The van der Waals surface area contributed by atoms with E-state index in [0.717, 1.165) is 11.1 Å². The van der Waals surface area contributed by atoms with Crippen molar-refractivity contribution in [3.05, 3.63) is 63.6 Å². The van der Waals surface area contributed by atoms with Crippen LogP contribution in [-0.4, -0.2) is 16.9 Å². The van der Waals surface area contributed by atoms with Gasteiger partial charge in [0.1, 0.15) is 12.4 Å². The van der Waals surface area contributed by atoms with Crippen molar-refractivity contribution in [2.24, 2.45) is 0 Å². The van der Waals surface area contributed by atoms with Gasteiger partial charge in [0, 0.05) is 10.0 Å². The van der Waals surface area contributed by atoms with E-state index in [1.54, 1.807) is 30.3 Å². The molecule has 0 saturated heterocycles. The number of ketones is 1. The van der Waals surface area contributed by atoms with Crippen molar-refractivity contribution in [2.75, 3.05) is 0 Å². The highest BCUT2D eigenvalue weighted by Gasteiger charge is 2.07. The third-order valence-electron chi connectivity index (χ3n) is 3.10. The van der Waals surface area contributed by atoms with Gasteiger partial charge in [0.25, 0.3) is 0 Å². The fourth-order valence-electron chi connectivity index (χ4n) is 1.97. The number of carboxylic acid groups (broad SMARTS) is 1. The summed E-state index contributed by atoms with van der Waals surface area (Å²) in [5.41, 5.74) is 2.32. The molecule has 0 spiro atoms. The lowest BCUT2D eigenvalue weighted by atomic mass is 10.1. The van der Waals surface area contributed by atoms with Gasteiger partial charge in [-0.3, -0.25) is 9.59 Å². The van der Waals surface area contributed by atoms with E-state index in [1.807, 2.05) is 12.1 Å². The molecule has 0 aromatic heterocycles. The van der Waals surface area contributed by atoms with Crippen LogP contribution in [0.2, 0.25) is 0 Å². The quantitative estimate of drug-likeness (QED) is 0.792. The first-order chi connectivity index (χ1) is 10.5. The third kappa shape index (κ3) is 4.43. The summed E-state index contributed by atoms with van der Waals surface area (Å²) >= 11 is 3.35. The number of hydrogen-bond acceptors (Lipinski definition) is 3. The maximum absolute atomic E-state index is 11.4. The zero-order valence-corrected chi connectivity index (χ0v) is 13.6. The Labute approximate surface area is 136 Å². The van der Waals surface area contributed by atoms with Gasteiger partial charge in [-0.25, -0.2) is 0 Å². The number of rotatable bonds is 6. The zero-order chi connectivity index (χ0) is 16.1. The molecule has 0 radical (unpaired) electrons. The molecule has 0 amide bonds. The predicted molar refractivity (Wildman–Crippen MR) is 86.3 cm³/mol. The minimum Gasteiger partial charge on any atom is -0.489 e. The maximum Gasteiger partial charge on any atom is 0.307 e. The van der Waals surface area contributed by atoms with E-state index in [0.29, 0.717) is 22.4 Å². The van der Waals surface area contributed by atoms with E-state index >= 15 is 0 Å². The van der Waals surface area contributed by atoms with Crippen molar-refractivity contribution in [3.63, 3.8) is 0 Å². The van der Waals surface area contributed by atoms with Crippen LogP contribution >= 0.6 is 15.9 Å². The smallest absolute Gasteiger partial charge is 0.307 e. The number of benzene rings is 2. The highest BCUT2D eigenvalue weighted by Crippen LogP contribution is 2.24. The molecule has 22 heavy (non-hydrogen) atoms. The summed E-state index contributed by atoms with van der Waals surface area (Å²) in [5, 5.41) is 8.72. The van der Waals surface area contributed by atoms with Crippen molar-refractivity contribution in [1.29, 1.82) is 0 Å². The molecular weight excluding hydrogens is 348 g/mol. The Morgan fingerprint density at radius 3 is 2.27 bits per heavy atom. The molecule has 0 saturated carbocycles. The summed E-state index contributed by atoms with van der Waals surface area (Å²) in [7, 11) is 0. The van der Waals surface area contributed by atoms with Gasteiger partial charge in [-0.2, -0.15) is 0 Å². The Hall–Kier alpha value is -2.14. The van der Waals surface area contributed by atoms with Gasteiger partial charge in [0.2, 0.25) is 0 Å². The normalized spacial score (nSPS) is 10.3. The average molecular weight is 363 g/mol. The Balaban J connectivity index is 1.99. The number of hydrogen-bond donors (Lipinski definition) is 1. The van der Waals surface area contributed by atoms with Gasteiger partial charge in [-0.05, 0) is 52.2 Å². The molecule has 4 nitrogen and oxygen atoms in total. The largest absolute Gasteiger partial charge is 0.489 e. The van der Waals surface area contributed by atoms with Crippen LogP contribution in [0.5, 0.6) is 5.75 Å². The second kappa shape index (κ2) is 7.22. The first-order valence-corrected chi connectivity index (χ1v) is 7.48. The lowest BCUT2D eigenvalue weighted by Gasteiger charge is -2.09. The lowest BCUT2D eigenvalue weighted by molar-refractivity contribution is -0.136. The monoisotopic (exact) mass is 362 g/mol. The summed E-state index contributed by atoms with van der Waals surface area (Å²) < 4.78 is 6.37. The number of aliphatic carboxylic acids is 1. The van der Waals surface area contributed by atoms with E-state index in [-0.39, 0.29) is 12.2 Å². The maximum atomic E-state index is 11.4. The Kier molecular flexibility index (Phi) is 5.33. The average Bonchev–Trinajstić information content (AvgIpc) is 2.45. The number of halogens is 1. The highest BCUT2D eigenvalue weighted by molar-refractivity contribution is 9.10. The second-order valence-corrected chi connectivity index (χ2v) is 5.73. The van der Waals surface area contributed by atoms with E-state index in [9.17, 15) is 9.59 Å². The summed E-state index contributed by atoms with van der Waals surface area (Å²) in [6.07, 6.45) is 0.0145. The topological polar surface area (TPSA) is 63.6 Å². The minimum absolute atomic E-state index is 0.00700. The first-order valence-electron chi connectivity index (χ1n) is 6.68. The molecule has 2 aromatic rings. The molecule has 0 aliphatic rings. The van der Waals surface area contributed by atoms with Gasteiger partial charge in [-0.15, -0.1) is 0 Å². The molecule has 0 unspecified atom stereocenters. The third-order valence-corrected chi connectivity index (χ3v) is 3.76. The molecule has 2 aromatic carbocycles. The highest BCUT2D eigenvalue weighted by atomic mass is 79.9. The van der Waals surface area contributed by atoms with E-state index in [4.69, 9.17) is 9.84 Å². The van der Waals surface area contributed by atoms with Gasteiger partial charge in [0.15, 0.2) is 5.78 Å². The van der Waals surface area contributed by atoms with Crippen LogP contribution < -0.4 is 4.74 Å². The van der Waals surface area contributed by atoms with Crippen molar-refractivity contribution >= 4 is 27.7 Å². The fraction of sp³-hybridized carbons (Fsp3) is 0.176. The Morgan fingerprint density at radius 2 is 1.73 bits per heavy atom. The van der Waals surface area contributed by atoms with Gasteiger partial charge in [-0.1, -0.05) is 24.3 Å². The Bertz CT molecular complexity index is 692. The molecule has 0 heterocycles. The molecule has 0 aliphatic heterocycles. The van der Waals surface area contributed by atoms with Crippen LogP contribution in [0.1, 0.15) is 28.4 Å². The van der Waals surface area contributed by atoms with E-state index in [1.165, 1.54) is 6.92 Å². The van der Waals surface area contributed by atoms with E-state index < -0.39 is 5.97 Å².